The molecule has 0 bridgehead atoms. The molecule has 2 N–H and O–H groups in total. The molecule has 132 valence electrons. The van der Waals surface area contributed by atoms with Crippen LogP contribution in [0.15, 0.2) is 47.4 Å². The van der Waals surface area contributed by atoms with E-state index >= 15 is 0 Å². The lowest BCUT2D eigenvalue weighted by molar-refractivity contribution is 0.0933. The van der Waals surface area contributed by atoms with Crippen LogP contribution in [0.2, 0.25) is 0 Å². The maximum atomic E-state index is 12.7. The number of aromatic nitrogens is 4. The van der Waals surface area contributed by atoms with Gasteiger partial charge in [0.15, 0.2) is 0 Å². The lowest BCUT2D eigenvalue weighted by Crippen LogP contribution is -2.39. The molecular weight excluding hydrogens is 330 g/mol. The van der Waals surface area contributed by atoms with E-state index in [9.17, 15) is 9.59 Å². The fraction of sp³-hybridized carbons (Fsp3) is 0.263. The van der Waals surface area contributed by atoms with Crippen molar-refractivity contribution in [3.8, 4) is 5.69 Å². The number of fused-ring (bicyclic) bond motifs is 1. The maximum absolute atomic E-state index is 12.7. The molecule has 0 aliphatic heterocycles. The van der Waals surface area contributed by atoms with Crippen LogP contribution in [0.4, 0.5) is 0 Å². The van der Waals surface area contributed by atoms with Crippen LogP contribution < -0.4 is 10.9 Å². The van der Waals surface area contributed by atoms with Crippen molar-refractivity contribution in [3.63, 3.8) is 0 Å². The number of hydrogen-bond acceptors (Lipinski definition) is 4. The van der Waals surface area contributed by atoms with E-state index in [-0.39, 0.29) is 17.5 Å². The normalized spacial score (nSPS) is 16.1. The molecule has 0 fully saturated rings. The molecular formula is C19H19N5O2. The molecule has 0 spiro atoms. The van der Waals surface area contributed by atoms with E-state index in [4.69, 9.17) is 0 Å². The Morgan fingerprint density at radius 3 is 2.92 bits per heavy atom. The number of para-hydroxylation sites is 1. The van der Waals surface area contributed by atoms with Crippen LogP contribution in [-0.4, -0.2) is 31.9 Å². The number of aromatic amines is 1. The Labute approximate surface area is 150 Å². The molecule has 4 rings (SSSR count). The number of carbonyl (C=O) groups excluding carboxylic acids is 1. The first-order chi connectivity index (χ1) is 12.6. The second-order valence-corrected chi connectivity index (χ2v) is 6.51. The summed E-state index contributed by atoms with van der Waals surface area (Å²) in [5.41, 5.74) is 3.87. The van der Waals surface area contributed by atoms with Crippen molar-refractivity contribution < 1.29 is 4.79 Å². The summed E-state index contributed by atoms with van der Waals surface area (Å²) in [6, 6.07) is 11.3. The zero-order valence-corrected chi connectivity index (χ0v) is 14.4. The number of H-pyrrole nitrogens is 1. The minimum absolute atomic E-state index is 0.0157. The quantitative estimate of drug-likeness (QED) is 0.750. The van der Waals surface area contributed by atoms with Gasteiger partial charge >= 0.3 is 0 Å². The number of rotatable bonds is 3. The van der Waals surface area contributed by atoms with Gasteiger partial charge < -0.3 is 5.32 Å². The van der Waals surface area contributed by atoms with Gasteiger partial charge in [0.25, 0.3) is 11.5 Å². The second kappa shape index (κ2) is 6.59. The van der Waals surface area contributed by atoms with Crippen LogP contribution in [0.25, 0.3) is 5.69 Å². The van der Waals surface area contributed by atoms with Crippen molar-refractivity contribution in [2.75, 3.05) is 0 Å². The van der Waals surface area contributed by atoms with E-state index in [1.54, 1.807) is 16.9 Å². The van der Waals surface area contributed by atoms with E-state index in [0.717, 1.165) is 35.5 Å². The first-order valence-electron chi connectivity index (χ1n) is 8.60. The van der Waals surface area contributed by atoms with Crippen LogP contribution in [-0.2, 0) is 12.8 Å². The molecule has 3 aromatic rings. The predicted octanol–water partition coefficient (Wildman–Crippen LogP) is 1.55. The van der Waals surface area contributed by atoms with E-state index in [1.807, 2.05) is 37.3 Å². The predicted molar refractivity (Wildman–Crippen MR) is 96.4 cm³/mol. The molecule has 26 heavy (non-hydrogen) atoms. The fourth-order valence-electron chi connectivity index (χ4n) is 3.39. The SMILES string of the molecule is Cc1c(C(=O)NC2CCc3n[nH]c(=O)cc3C2)cnn1-c1ccccc1. The number of aryl methyl sites for hydroxylation is 1. The van der Waals surface area contributed by atoms with Crippen molar-refractivity contribution in [1.29, 1.82) is 0 Å². The summed E-state index contributed by atoms with van der Waals surface area (Å²) >= 11 is 0. The summed E-state index contributed by atoms with van der Waals surface area (Å²) in [5, 5.41) is 14.0. The Bertz CT molecular complexity index is 1010. The third-order valence-corrected chi connectivity index (χ3v) is 4.76. The van der Waals surface area contributed by atoms with Crippen LogP contribution in [0, 0.1) is 6.92 Å². The van der Waals surface area contributed by atoms with Crippen LogP contribution >= 0.6 is 0 Å². The minimum Gasteiger partial charge on any atom is -0.349 e. The van der Waals surface area contributed by atoms with Crippen LogP contribution in [0.3, 0.4) is 0 Å². The Hall–Kier alpha value is -3.22. The number of carbonyl (C=O) groups is 1. The van der Waals surface area contributed by atoms with Crippen LogP contribution in [0.1, 0.15) is 33.7 Å². The molecule has 2 heterocycles. The number of nitrogens with zero attached hydrogens (tertiary/aromatic N) is 3. The van der Waals surface area contributed by atoms with Crippen molar-refractivity contribution in [2.45, 2.75) is 32.2 Å². The third kappa shape index (κ3) is 3.03. The highest BCUT2D eigenvalue weighted by Crippen LogP contribution is 2.19. The summed E-state index contributed by atoms with van der Waals surface area (Å²) < 4.78 is 1.76. The second-order valence-electron chi connectivity index (χ2n) is 6.51. The van der Waals surface area contributed by atoms with Crippen molar-refractivity contribution in [1.82, 2.24) is 25.3 Å². The van der Waals surface area contributed by atoms with Crippen LogP contribution in [0.5, 0.6) is 0 Å². The molecule has 1 unspecified atom stereocenters. The highest BCUT2D eigenvalue weighted by molar-refractivity contribution is 5.95. The largest absolute Gasteiger partial charge is 0.349 e. The van der Waals surface area contributed by atoms with Crippen molar-refractivity contribution >= 4 is 5.91 Å². The highest BCUT2D eigenvalue weighted by Gasteiger charge is 2.23. The number of nitrogens with one attached hydrogen (secondary N) is 2. The molecule has 1 amide bonds. The zero-order valence-electron chi connectivity index (χ0n) is 14.4. The van der Waals surface area contributed by atoms with Crippen molar-refractivity contribution in [3.05, 3.63) is 75.5 Å². The molecule has 0 radical (unpaired) electrons. The van der Waals surface area contributed by atoms with E-state index in [2.05, 4.69) is 20.6 Å². The third-order valence-electron chi connectivity index (χ3n) is 4.76. The molecule has 1 atom stereocenters. The zero-order chi connectivity index (χ0) is 18.1. The van der Waals surface area contributed by atoms with E-state index < -0.39 is 0 Å². The number of amides is 1. The Balaban J connectivity index is 1.51. The van der Waals surface area contributed by atoms with Crippen molar-refractivity contribution in [2.24, 2.45) is 0 Å². The standard InChI is InChI=1S/C19H19N5O2/c1-12-16(11-20-24(12)15-5-3-2-4-6-15)19(26)21-14-7-8-17-13(9-14)10-18(25)23-22-17/h2-6,10-11,14H,7-9H2,1H3,(H,21,26)(H,23,25). The monoisotopic (exact) mass is 349 g/mol. The van der Waals surface area contributed by atoms with Gasteiger partial charge in [0.2, 0.25) is 0 Å². The molecule has 1 aliphatic carbocycles. The lowest BCUT2D eigenvalue weighted by Gasteiger charge is -2.24. The number of hydrogen-bond donors (Lipinski definition) is 2. The van der Waals surface area contributed by atoms with E-state index in [1.165, 1.54) is 0 Å². The molecule has 7 heteroatoms. The molecule has 1 aliphatic rings. The van der Waals surface area contributed by atoms with Gasteiger partial charge in [-0.1, -0.05) is 18.2 Å². The Kier molecular flexibility index (Phi) is 4.12. The topological polar surface area (TPSA) is 92.7 Å². The van der Waals surface area contributed by atoms with Gasteiger partial charge in [-0.05, 0) is 43.9 Å². The smallest absolute Gasteiger partial charge is 0.264 e. The summed E-state index contributed by atoms with van der Waals surface area (Å²) in [4.78, 5) is 24.2. The van der Waals surface area contributed by atoms with Gasteiger partial charge in [-0.3, -0.25) is 9.59 Å². The average molecular weight is 349 g/mol. The molecule has 2 aromatic heterocycles. The summed E-state index contributed by atoms with van der Waals surface area (Å²) in [7, 11) is 0. The highest BCUT2D eigenvalue weighted by atomic mass is 16.1. The Morgan fingerprint density at radius 1 is 1.31 bits per heavy atom. The summed E-state index contributed by atoms with van der Waals surface area (Å²) in [5.74, 6) is -0.143. The molecule has 0 saturated carbocycles. The van der Waals surface area contributed by atoms with Gasteiger partial charge in [0.1, 0.15) is 0 Å². The van der Waals surface area contributed by atoms with Gasteiger partial charge in [0.05, 0.1) is 28.8 Å². The van der Waals surface area contributed by atoms with Gasteiger partial charge in [-0.2, -0.15) is 10.2 Å². The fourth-order valence-corrected chi connectivity index (χ4v) is 3.39. The maximum Gasteiger partial charge on any atom is 0.264 e. The summed E-state index contributed by atoms with van der Waals surface area (Å²) in [6.07, 6.45) is 3.74. The molecule has 7 nitrogen and oxygen atoms in total. The molecule has 1 aromatic carbocycles. The average Bonchev–Trinajstić information content (AvgIpc) is 3.03. The minimum atomic E-state index is -0.212. The molecule has 0 saturated heterocycles. The first kappa shape index (κ1) is 16.3. The Morgan fingerprint density at radius 2 is 2.12 bits per heavy atom. The van der Waals surface area contributed by atoms with E-state index in [0.29, 0.717) is 12.0 Å². The number of benzene rings is 1. The first-order valence-corrected chi connectivity index (χ1v) is 8.60. The summed E-state index contributed by atoms with van der Waals surface area (Å²) in [6.45, 7) is 1.88. The van der Waals surface area contributed by atoms with Gasteiger partial charge in [0, 0.05) is 12.1 Å². The van der Waals surface area contributed by atoms with Gasteiger partial charge in [-0.25, -0.2) is 9.78 Å². The lowest BCUT2D eigenvalue weighted by atomic mass is 9.92. The van der Waals surface area contributed by atoms with Gasteiger partial charge in [-0.15, -0.1) is 0 Å².